The molecule has 1 amide bonds. The fourth-order valence-corrected chi connectivity index (χ4v) is 2.47. The Morgan fingerprint density at radius 2 is 1.82 bits per heavy atom. The van der Waals surface area contributed by atoms with E-state index in [1.54, 1.807) is 0 Å². The third-order valence-corrected chi connectivity index (χ3v) is 3.92. The van der Waals surface area contributed by atoms with E-state index in [0.29, 0.717) is 13.1 Å². The number of hydrogen-bond acceptors (Lipinski definition) is 2. The summed E-state index contributed by atoms with van der Waals surface area (Å²) in [4.78, 5) is 15.6. The van der Waals surface area contributed by atoms with Crippen LogP contribution in [0.4, 0.5) is 0 Å². The van der Waals surface area contributed by atoms with Crippen molar-refractivity contribution in [1.29, 1.82) is 0 Å². The third-order valence-electron chi connectivity index (χ3n) is 3.92. The predicted molar refractivity (Wildman–Crippen MR) is 90.0 cm³/mol. The monoisotopic (exact) mass is 302 g/mol. The van der Waals surface area contributed by atoms with Gasteiger partial charge < -0.3 is 16.0 Å². The first kappa shape index (κ1) is 16.3. The Kier molecular flexibility index (Phi) is 5.81. The Labute approximate surface area is 132 Å². The van der Waals surface area contributed by atoms with E-state index in [1.807, 2.05) is 0 Å². The molecule has 0 atom stereocenters. The van der Waals surface area contributed by atoms with E-state index >= 15 is 0 Å². The molecule has 120 valence electrons. The first-order chi connectivity index (χ1) is 10.7. The second-order valence-corrected chi connectivity index (χ2v) is 5.75. The molecule has 0 radical (unpaired) electrons. The van der Waals surface area contributed by atoms with Gasteiger partial charge in [0.25, 0.3) is 0 Å². The van der Waals surface area contributed by atoms with Crippen LogP contribution in [0.15, 0.2) is 35.3 Å². The lowest BCUT2D eigenvalue weighted by Gasteiger charge is -2.16. The number of rotatable bonds is 7. The summed E-state index contributed by atoms with van der Waals surface area (Å²) in [6, 6.07) is 10.6. The van der Waals surface area contributed by atoms with Crippen molar-refractivity contribution >= 4 is 11.9 Å². The highest BCUT2D eigenvalue weighted by Gasteiger charge is 2.43. The highest BCUT2D eigenvalue weighted by atomic mass is 16.1. The summed E-state index contributed by atoms with van der Waals surface area (Å²) < 4.78 is 0. The number of nitrogens with one attached hydrogen (secondary N) is 3. The molecule has 1 fully saturated rings. The molecule has 0 unspecified atom stereocenters. The molecule has 0 saturated heterocycles. The molecule has 0 aliphatic heterocycles. The van der Waals surface area contributed by atoms with E-state index in [9.17, 15) is 4.79 Å². The Morgan fingerprint density at radius 3 is 2.41 bits per heavy atom. The molecule has 0 spiro atoms. The van der Waals surface area contributed by atoms with Crippen molar-refractivity contribution in [3.05, 3.63) is 35.9 Å². The van der Waals surface area contributed by atoms with Gasteiger partial charge in [0.1, 0.15) is 0 Å². The van der Waals surface area contributed by atoms with E-state index in [-0.39, 0.29) is 11.3 Å². The van der Waals surface area contributed by atoms with Crippen LogP contribution in [0.2, 0.25) is 0 Å². The second-order valence-electron chi connectivity index (χ2n) is 5.75. The molecule has 5 nitrogen and oxygen atoms in total. The van der Waals surface area contributed by atoms with Crippen LogP contribution in [-0.4, -0.2) is 38.0 Å². The largest absolute Gasteiger partial charge is 0.357 e. The Hall–Kier alpha value is -2.04. The number of guanidine groups is 1. The summed E-state index contributed by atoms with van der Waals surface area (Å²) in [7, 11) is 0. The van der Waals surface area contributed by atoms with Crippen LogP contribution in [0.1, 0.15) is 32.3 Å². The molecule has 1 aliphatic carbocycles. The van der Waals surface area contributed by atoms with Gasteiger partial charge in [0.15, 0.2) is 5.96 Å². The number of amides is 1. The van der Waals surface area contributed by atoms with Crippen molar-refractivity contribution < 1.29 is 4.79 Å². The van der Waals surface area contributed by atoms with E-state index in [2.05, 4.69) is 53.2 Å². The Bertz CT molecular complexity index is 509. The van der Waals surface area contributed by atoms with Gasteiger partial charge in [-0.15, -0.1) is 0 Å². The third kappa shape index (κ3) is 4.76. The topological polar surface area (TPSA) is 65.5 Å². The van der Waals surface area contributed by atoms with Crippen molar-refractivity contribution in [1.82, 2.24) is 16.0 Å². The maximum atomic E-state index is 10.9. The van der Waals surface area contributed by atoms with Crippen LogP contribution in [0.25, 0.3) is 0 Å². The molecular formula is C17H26N4O. The molecule has 1 saturated carbocycles. The van der Waals surface area contributed by atoms with Crippen LogP contribution in [0, 0.1) is 0 Å². The Morgan fingerprint density at radius 1 is 1.14 bits per heavy atom. The SMILES string of the molecule is CCNC(=NCC1(c2ccccc2)CC1)NCCNC(C)=O. The molecule has 3 N–H and O–H groups in total. The molecule has 1 aliphatic rings. The zero-order chi connectivity index (χ0) is 15.8. The fourth-order valence-electron chi connectivity index (χ4n) is 2.47. The lowest BCUT2D eigenvalue weighted by Crippen LogP contribution is -2.41. The van der Waals surface area contributed by atoms with Crippen molar-refractivity contribution in [3.8, 4) is 0 Å². The minimum Gasteiger partial charge on any atom is -0.357 e. The zero-order valence-electron chi connectivity index (χ0n) is 13.5. The maximum absolute atomic E-state index is 10.9. The van der Waals surface area contributed by atoms with E-state index in [4.69, 9.17) is 4.99 Å². The van der Waals surface area contributed by atoms with Crippen molar-refractivity contribution in [2.75, 3.05) is 26.2 Å². The molecule has 0 heterocycles. The van der Waals surface area contributed by atoms with Gasteiger partial charge in [-0.25, -0.2) is 0 Å². The molecule has 0 bridgehead atoms. The van der Waals surface area contributed by atoms with Gasteiger partial charge in [0.2, 0.25) is 5.91 Å². The van der Waals surface area contributed by atoms with Gasteiger partial charge in [0.05, 0.1) is 6.54 Å². The van der Waals surface area contributed by atoms with Crippen LogP contribution in [-0.2, 0) is 10.2 Å². The minimum absolute atomic E-state index is 0.00949. The average molecular weight is 302 g/mol. The summed E-state index contributed by atoms with van der Waals surface area (Å²) in [5.74, 6) is 0.805. The van der Waals surface area contributed by atoms with Crippen LogP contribution < -0.4 is 16.0 Å². The lowest BCUT2D eigenvalue weighted by molar-refractivity contribution is -0.118. The molecule has 2 rings (SSSR count). The van der Waals surface area contributed by atoms with Crippen molar-refractivity contribution in [2.45, 2.75) is 32.1 Å². The van der Waals surface area contributed by atoms with Crippen LogP contribution in [0.5, 0.6) is 0 Å². The van der Waals surface area contributed by atoms with Gasteiger partial charge >= 0.3 is 0 Å². The van der Waals surface area contributed by atoms with Gasteiger partial charge in [-0.2, -0.15) is 0 Å². The van der Waals surface area contributed by atoms with Gasteiger partial charge in [-0.3, -0.25) is 9.79 Å². The normalized spacial score (nSPS) is 16.0. The lowest BCUT2D eigenvalue weighted by atomic mass is 9.96. The van der Waals surface area contributed by atoms with Crippen LogP contribution >= 0.6 is 0 Å². The van der Waals surface area contributed by atoms with Gasteiger partial charge in [0, 0.05) is 32.0 Å². The fraction of sp³-hybridized carbons (Fsp3) is 0.529. The average Bonchev–Trinajstić information content (AvgIpc) is 3.31. The highest BCUT2D eigenvalue weighted by Crippen LogP contribution is 2.48. The van der Waals surface area contributed by atoms with Crippen molar-refractivity contribution in [3.63, 3.8) is 0 Å². The molecule has 1 aromatic carbocycles. The minimum atomic E-state index is -0.00949. The summed E-state index contributed by atoms with van der Waals surface area (Å²) in [6.45, 7) is 6.47. The van der Waals surface area contributed by atoms with Crippen LogP contribution in [0.3, 0.4) is 0 Å². The smallest absolute Gasteiger partial charge is 0.216 e. The Balaban J connectivity index is 1.88. The van der Waals surface area contributed by atoms with Crippen molar-refractivity contribution in [2.24, 2.45) is 4.99 Å². The first-order valence-electron chi connectivity index (χ1n) is 7.98. The van der Waals surface area contributed by atoms with E-state index < -0.39 is 0 Å². The standard InChI is InChI=1S/C17H26N4O/c1-3-18-16(20-12-11-19-14(2)22)21-13-17(9-10-17)15-7-5-4-6-8-15/h4-8H,3,9-13H2,1-2H3,(H,19,22)(H2,18,20,21). The number of carbonyl (C=O) groups excluding carboxylic acids is 1. The predicted octanol–water partition coefficient (Wildman–Crippen LogP) is 1.41. The molecule has 5 heteroatoms. The quantitative estimate of drug-likeness (QED) is 0.405. The summed E-state index contributed by atoms with van der Waals surface area (Å²) in [5.41, 5.74) is 1.61. The maximum Gasteiger partial charge on any atom is 0.216 e. The van der Waals surface area contributed by atoms with E-state index in [1.165, 1.54) is 25.3 Å². The van der Waals surface area contributed by atoms with E-state index in [0.717, 1.165) is 19.0 Å². The molecule has 1 aromatic rings. The summed E-state index contributed by atoms with van der Waals surface area (Å²) >= 11 is 0. The highest BCUT2D eigenvalue weighted by molar-refractivity contribution is 5.80. The molecule has 22 heavy (non-hydrogen) atoms. The number of carbonyl (C=O) groups is 1. The molecular weight excluding hydrogens is 276 g/mol. The number of aliphatic imine (C=N–C) groups is 1. The van der Waals surface area contributed by atoms with Gasteiger partial charge in [-0.1, -0.05) is 30.3 Å². The summed E-state index contributed by atoms with van der Waals surface area (Å²) in [5, 5.41) is 9.27. The molecule has 0 aromatic heterocycles. The first-order valence-corrected chi connectivity index (χ1v) is 7.98. The number of benzene rings is 1. The second kappa shape index (κ2) is 7.82. The summed E-state index contributed by atoms with van der Waals surface area (Å²) in [6.07, 6.45) is 2.40. The zero-order valence-corrected chi connectivity index (χ0v) is 13.5. The number of nitrogens with zero attached hydrogens (tertiary/aromatic N) is 1. The number of hydrogen-bond donors (Lipinski definition) is 3. The van der Waals surface area contributed by atoms with Gasteiger partial charge in [-0.05, 0) is 25.3 Å².